The van der Waals surface area contributed by atoms with Gasteiger partial charge in [0.25, 0.3) is 5.56 Å². The second-order valence-corrected chi connectivity index (χ2v) is 4.00. The van der Waals surface area contributed by atoms with Crippen molar-refractivity contribution in [3.8, 4) is 0 Å². The van der Waals surface area contributed by atoms with Crippen LogP contribution < -0.4 is 16.6 Å². The Hall–Kier alpha value is -1.71. The Morgan fingerprint density at radius 3 is 2.11 bits per heavy atom. The number of rotatable bonds is 5. The number of aromatic nitrogens is 3. The molecular formula is C9H16N4O5. The van der Waals surface area contributed by atoms with Crippen LogP contribution in [0.3, 0.4) is 0 Å². The lowest BCUT2D eigenvalue weighted by atomic mass is 10.0. The van der Waals surface area contributed by atoms with Gasteiger partial charge in [-0.3, -0.25) is 9.36 Å². The van der Waals surface area contributed by atoms with Gasteiger partial charge in [0.1, 0.15) is 5.54 Å². The minimum atomic E-state index is -1.48. The third-order valence-electron chi connectivity index (χ3n) is 2.61. The number of aryl methyl sites for hydroxylation is 1. The molecule has 0 unspecified atom stereocenters. The Morgan fingerprint density at radius 2 is 1.67 bits per heavy atom. The highest BCUT2D eigenvalue weighted by Gasteiger charge is 2.29. The highest BCUT2D eigenvalue weighted by molar-refractivity contribution is 5.34. The SMILES string of the molecule is Cn1nc(NC(CO)(CO)CO)c(=O)n(C)c1=O. The standard InChI is InChI=1S/C9H16N4O5/c1-12-7(17)6(11-13(2)8(12)18)10-9(3-14,4-15)5-16/h14-16H,3-5H2,1-2H3,(H,10,11). The van der Waals surface area contributed by atoms with Crippen LogP contribution >= 0.6 is 0 Å². The summed E-state index contributed by atoms with van der Waals surface area (Å²) in [5.41, 5.74) is -2.79. The van der Waals surface area contributed by atoms with Crippen LogP contribution in [0.2, 0.25) is 0 Å². The lowest BCUT2D eigenvalue weighted by molar-refractivity contribution is 0.0828. The summed E-state index contributed by atoms with van der Waals surface area (Å²) in [6.45, 7) is -1.81. The fourth-order valence-corrected chi connectivity index (χ4v) is 1.30. The fraction of sp³-hybridized carbons (Fsp3) is 0.667. The minimum Gasteiger partial charge on any atom is -0.394 e. The number of aliphatic hydroxyl groups is 3. The zero-order chi connectivity index (χ0) is 13.9. The second kappa shape index (κ2) is 5.29. The summed E-state index contributed by atoms with van der Waals surface area (Å²) in [7, 11) is 2.63. The Kier molecular flexibility index (Phi) is 4.22. The Balaban J connectivity index is 3.28. The molecule has 0 aromatic carbocycles. The molecule has 0 fully saturated rings. The minimum absolute atomic E-state index is 0.239. The summed E-state index contributed by atoms with van der Waals surface area (Å²) in [5, 5.41) is 33.6. The van der Waals surface area contributed by atoms with E-state index in [0.717, 1.165) is 9.25 Å². The predicted octanol–water partition coefficient (Wildman–Crippen LogP) is -3.39. The van der Waals surface area contributed by atoms with Gasteiger partial charge in [-0.1, -0.05) is 0 Å². The van der Waals surface area contributed by atoms with Crippen molar-refractivity contribution < 1.29 is 15.3 Å². The molecular weight excluding hydrogens is 244 g/mol. The number of aliphatic hydroxyl groups excluding tert-OH is 3. The summed E-state index contributed by atoms with van der Waals surface area (Å²) in [4.78, 5) is 23.2. The van der Waals surface area contributed by atoms with E-state index in [1.807, 2.05) is 0 Å². The van der Waals surface area contributed by atoms with Crippen molar-refractivity contribution in [1.29, 1.82) is 0 Å². The maximum Gasteiger partial charge on any atom is 0.346 e. The van der Waals surface area contributed by atoms with Crippen LogP contribution in [0.5, 0.6) is 0 Å². The average molecular weight is 260 g/mol. The topological polar surface area (TPSA) is 130 Å². The van der Waals surface area contributed by atoms with Crippen LogP contribution in [0.15, 0.2) is 9.59 Å². The highest BCUT2D eigenvalue weighted by Crippen LogP contribution is 2.08. The first-order valence-corrected chi connectivity index (χ1v) is 5.16. The van der Waals surface area contributed by atoms with Crippen molar-refractivity contribution >= 4 is 5.82 Å². The van der Waals surface area contributed by atoms with Gasteiger partial charge >= 0.3 is 5.69 Å². The van der Waals surface area contributed by atoms with Gasteiger partial charge in [0.05, 0.1) is 19.8 Å². The van der Waals surface area contributed by atoms with Gasteiger partial charge in [-0.2, -0.15) is 0 Å². The van der Waals surface area contributed by atoms with Crippen LogP contribution in [-0.2, 0) is 14.1 Å². The van der Waals surface area contributed by atoms with E-state index in [2.05, 4.69) is 10.4 Å². The van der Waals surface area contributed by atoms with Crippen molar-refractivity contribution in [2.45, 2.75) is 5.54 Å². The fourth-order valence-electron chi connectivity index (χ4n) is 1.30. The molecule has 1 heterocycles. The Labute approximate surface area is 102 Å². The molecule has 0 amide bonds. The van der Waals surface area contributed by atoms with Crippen LogP contribution in [-0.4, -0.2) is 55.0 Å². The van der Waals surface area contributed by atoms with E-state index in [0.29, 0.717) is 0 Å². The van der Waals surface area contributed by atoms with E-state index < -0.39 is 36.6 Å². The summed E-state index contributed by atoms with van der Waals surface area (Å²) in [6.07, 6.45) is 0. The zero-order valence-corrected chi connectivity index (χ0v) is 10.1. The third kappa shape index (κ3) is 2.42. The third-order valence-corrected chi connectivity index (χ3v) is 2.61. The van der Waals surface area contributed by atoms with Gasteiger partial charge in [0.2, 0.25) is 5.82 Å². The number of hydrogen-bond donors (Lipinski definition) is 4. The molecule has 1 aromatic heterocycles. The number of nitrogens with zero attached hydrogens (tertiary/aromatic N) is 3. The van der Waals surface area contributed by atoms with Crippen molar-refractivity contribution in [1.82, 2.24) is 14.3 Å². The van der Waals surface area contributed by atoms with Crippen molar-refractivity contribution in [2.75, 3.05) is 25.1 Å². The molecule has 0 saturated carbocycles. The highest BCUT2D eigenvalue weighted by atomic mass is 16.3. The lowest BCUT2D eigenvalue weighted by Gasteiger charge is -2.28. The molecule has 9 heteroatoms. The van der Waals surface area contributed by atoms with E-state index in [1.54, 1.807) is 0 Å². The van der Waals surface area contributed by atoms with E-state index in [9.17, 15) is 9.59 Å². The molecule has 0 saturated heterocycles. The summed E-state index contributed by atoms with van der Waals surface area (Å²) in [6, 6.07) is 0. The van der Waals surface area contributed by atoms with Crippen molar-refractivity contribution in [2.24, 2.45) is 14.1 Å². The smallest absolute Gasteiger partial charge is 0.346 e. The number of hydrogen-bond acceptors (Lipinski definition) is 7. The first kappa shape index (κ1) is 14.4. The zero-order valence-electron chi connectivity index (χ0n) is 10.1. The van der Waals surface area contributed by atoms with E-state index >= 15 is 0 Å². The summed E-state index contributed by atoms with van der Waals surface area (Å²) < 4.78 is 1.76. The summed E-state index contributed by atoms with van der Waals surface area (Å²) in [5.74, 6) is -0.239. The Morgan fingerprint density at radius 1 is 1.17 bits per heavy atom. The van der Waals surface area contributed by atoms with Gasteiger partial charge in [-0.05, 0) is 0 Å². The van der Waals surface area contributed by atoms with Gasteiger partial charge in [0.15, 0.2) is 0 Å². The number of nitrogens with one attached hydrogen (secondary N) is 1. The quantitative estimate of drug-likeness (QED) is 0.434. The molecule has 0 spiro atoms. The average Bonchev–Trinajstić information content (AvgIpc) is 2.39. The predicted molar refractivity (Wildman–Crippen MR) is 62.3 cm³/mol. The van der Waals surface area contributed by atoms with Crippen LogP contribution in [0.4, 0.5) is 5.82 Å². The molecule has 0 bridgehead atoms. The van der Waals surface area contributed by atoms with Crippen LogP contribution in [0.1, 0.15) is 0 Å². The first-order chi connectivity index (χ1) is 8.40. The van der Waals surface area contributed by atoms with Gasteiger partial charge in [-0.25, -0.2) is 9.48 Å². The largest absolute Gasteiger partial charge is 0.394 e. The van der Waals surface area contributed by atoms with Gasteiger partial charge in [0, 0.05) is 14.1 Å². The maximum atomic E-state index is 11.7. The molecule has 0 aliphatic rings. The molecule has 0 radical (unpaired) electrons. The molecule has 0 atom stereocenters. The van der Waals surface area contributed by atoms with Crippen molar-refractivity contribution in [3.63, 3.8) is 0 Å². The molecule has 0 aliphatic carbocycles. The molecule has 18 heavy (non-hydrogen) atoms. The van der Waals surface area contributed by atoms with Crippen LogP contribution in [0.25, 0.3) is 0 Å². The molecule has 4 N–H and O–H groups in total. The Bertz CT molecular complexity index is 522. The maximum absolute atomic E-state index is 11.7. The van der Waals surface area contributed by atoms with Gasteiger partial charge < -0.3 is 20.6 Å². The van der Waals surface area contributed by atoms with E-state index in [4.69, 9.17) is 15.3 Å². The van der Waals surface area contributed by atoms with Crippen LogP contribution in [0, 0.1) is 0 Å². The number of anilines is 1. The molecule has 1 aromatic rings. The normalized spacial score (nSPS) is 11.6. The summed E-state index contributed by atoms with van der Waals surface area (Å²) >= 11 is 0. The monoisotopic (exact) mass is 260 g/mol. The van der Waals surface area contributed by atoms with E-state index in [-0.39, 0.29) is 5.82 Å². The second-order valence-electron chi connectivity index (χ2n) is 4.00. The first-order valence-electron chi connectivity index (χ1n) is 5.16. The molecule has 9 nitrogen and oxygen atoms in total. The molecule has 1 rings (SSSR count). The molecule has 0 aliphatic heterocycles. The van der Waals surface area contributed by atoms with Crippen molar-refractivity contribution in [3.05, 3.63) is 20.8 Å². The van der Waals surface area contributed by atoms with Gasteiger partial charge in [-0.15, -0.1) is 5.10 Å². The molecule has 102 valence electrons. The lowest BCUT2D eigenvalue weighted by Crippen LogP contribution is -2.52. The van der Waals surface area contributed by atoms with E-state index in [1.165, 1.54) is 14.1 Å².